The second-order valence-corrected chi connectivity index (χ2v) is 4.49. The van der Waals surface area contributed by atoms with Crippen LogP contribution in [-0.4, -0.2) is 20.7 Å². The number of hydrogen-bond donors (Lipinski definition) is 2. The molecule has 0 aliphatic rings. The molecule has 2 aromatic rings. The summed E-state index contributed by atoms with van der Waals surface area (Å²) in [6.07, 6.45) is 1.42. The monoisotopic (exact) mass is 343 g/mol. The summed E-state index contributed by atoms with van der Waals surface area (Å²) < 4.78 is 2.37. The van der Waals surface area contributed by atoms with E-state index in [1.807, 2.05) is 24.3 Å². The molecule has 0 saturated heterocycles. The van der Waals surface area contributed by atoms with Gasteiger partial charge in [0.05, 0.1) is 5.69 Å². The van der Waals surface area contributed by atoms with Crippen LogP contribution in [0, 0.1) is 3.57 Å². The van der Waals surface area contributed by atoms with Crippen molar-refractivity contribution >= 4 is 40.1 Å². The molecule has 0 unspecified atom stereocenters. The van der Waals surface area contributed by atoms with Crippen molar-refractivity contribution in [3.8, 4) is 0 Å². The van der Waals surface area contributed by atoms with E-state index in [2.05, 4.69) is 38.0 Å². The number of hydrogen-bond acceptors (Lipinski definition) is 4. The molecular formula is C10H10IN5O. The lowest BCUT2D eigenvalue weighted by Crippen LogP contribution is -2.19. The lowest BCUT2D eigenvalue weighted by atomic mass is 10.3. The van der Waals surface area contributed by atoms with E-state index in [1.165, 1.54) is 11.0 Å². The van der Waals surface area contributed by atoms with Crippen LogP contribution < -0.4 is 11.1 Å². The van der Waals surface area contributed by atoms with E-state index in [4.69, 9.17) is 5.73 Å². The number of nitrogen functional groups attached to an aromatic ring is 1. The molecule has 0 aliphatic heterocycles. The van der Waals surface area contributed by atoms with Crippen molar-refractivity contribution in [3.05, 3.63) is 34.2 Å². The Balaban J connectivity index is 2.01. The maximum atomic E-state index is 11.7. The van der Waals surface area contributed by atoms with Crippen molar-refractivity contribution in [2.24, 2.45) is 0 Å². The molecule has 0 bridgehead atoms. The Kier molecular flexibility index (Phi) is 3.57. The van der Waals surface area contributed by atoms with Crippen molar-refractivity contribution in [1.82, 2.24) is 14.8 Å². The van der Waals surface area contributed by atoms with Crippen LogP contribution in [0.1, 0.15) is 0 Å². The predicted octanol–water partition coefficient (Wildman–Crippen LogP) is 1.10. The van der Waals surface area contributed by atoms with Crippen LogP contribution in [0.15, 0.2) is 30.6 Å². The number of para-hydroxylation sites is 1. The van der Waals surface area contributed by atoms with Gasteiger partial charge in [0, 0.05) is 3.57 Å². The molecule has 88 valence electrons. The van der Waals surface area contributed by atoms with Crippen molar-refractivity contribution in [1.29, 1.82) is 0 Å². The average Bonchev–Trinajstić information content (AvgIpc) is 2.67. The number of aromatic nitrogens is 3. The van der Waals surface area contributed by atoms with Gasteiger partial charge in [-0.15, -0.1) is 5.10 Å². The van der Waals surface area contributed by atoms with Crippen LogP contribution in [0.5, 0.6) is 0 Å². The summed E-state index contributed by atoms with van der Waals surface area (Å²) in [5.74, 6) is -0.00823. The normalized spacial score (nSPS) is 10.2. The SMILES string of the molecule is Nc1ncn(CC(=O)Nc2ccccc2I)n1. The van der Waals surface area contributed by atoms with Crippen LogP contribution in [0.4, 0.5) is 11.6 Å². The number of nitrogens with two attached hydrogens (primary N) is 1. The van der Waals surface area contributed by atoms with Gasteiger partial charge in [-0.1, -0.05) is 12.1 Å². The second kappa shape index (κ2) is 5.13. The number of amides is 1. The molecule has 1 aromatic carbocycles. The smallest absolute Gasteiger partial charge is 0.246 e. The molecule has 2 rings (SSSR count). The van der Waals surface area contributed by atoms with Crippen molar-refractivity contribution < 1.29 is 4.79 Å². The zero-order valence-electron chi connectivity index (χ0n) is 8.80. The van der Waals surface area contributed by atoms with Gasteiger partial charge in [-0.3, -0.25) is 4.79 Å². The molecule has 3 N–H and O–H groups in total. The Morgan fingerprint density at radius 3 is 2.88 bits per heavy atom. The second-order valence-electron chi connectivity index (χ2n) is 3.33. The number of benzene rings is 1. The number of halogens is 1. The highest BCUT2D eigenvalue weighted by Crippen LogP contribution is 2.16. The van der Waals surface area contributed by atoms with E-state index < -0.39 is 0 Å². The third-order valence-corrected chi connectivity index (χ3v) is 2.95. The molecular weight excluding hydrogens is 333 g/mol. The minimum atomic E-state index is -0.168. The summed E-state index contributed by atoms with van der Waals surface area (Å²) in [4.78, 5) is 15.4. The van der Waals surface area contributed by atoms with Gasteiger partial charge in [-0.25, -0.2) is 9.67 Å². The fourth-order valence-corrected chi connectivity index (χ4v) is 1.81. The molecule has 0 fully saturated rings. The van der Waals surface area contributed by atoms with Crippen LogP contribution in [0.3, 0.4) is 0 Å². The van der Waals surface area contributed by atoms with Gasteiger partial charge in [0.15, 0.2) is 0 Å². The maximum Gasteiger partial charge on any atom is 0.246 e. The Bertz CT molecular complexity index is 539. The first-order chi connectivity index (χ1) is 8.15. The summed E-state index contributed by atoms with van der Waals surface area (Å²) in [6.45, 7) is 0.0924. The fraction of sp³-hybridized carbons (Fsp3) is 0.100. The fourth-order valence-electron chi connectivity index (χ4n) is 1.28. The highest BCUT2D eigenvalue weighted by Gasteiger charge is 2.06. The molecule has 17 heavy (non-hydrogen) atoms. The minimum Gasteiger partial charge on any atom is -0.367 e. The summed E-state index contributed by atoms with van der Waals surface area (Å²) >= 11 is 2.16. The highest BCUT2D eigenvalue weighted by atomic mass is 127. The highest BCUT2D eigenvalue weighted by molar-refractivity contribution is 14.1. The predicted molar refractivity (Wildman–Crippen MR) is 72.2 cm³/mol. The van der Waals surface area contributed by atoms with Crippen molar-refractivity contribution in [2.75, 3.05) is 11.1 Å². The van der Waals surface area contributed by atoms with Crippen LogP contribution in [-0.2, 0) is 11.3 Å². The summed E-state index contributed by atoms with van der Waals surface area (Å²) in [7, 11) is 0. The van der Waals surface area contributed by atoms with Crippen LogP contribution in [0.25, 0.3) is 0 Å². The summed E-state index contributed by atoms with van der Waals surface area (Å²) in [5.41, 5.74) is 6.14. The van der Waals surface area contributed by atoms with Gasteiger partial charge in [0.25, 0.3) is 0 Å². The number of anilines is 2. The van der Waals surface area contributed by atoms with E-state index in [1.54, 1.807) is 0 Å². The third kappa shape index (κ3) is 3.16. The van der Waals surface area contributed by atoms with Gasteiger partial charge in [-0.2, -0.15) is 0 Å². The van der Waals surface area contributed by atoms with Gasteiger partial charge in [0.2, 0.25) is 11.9 Å². The molecule has 7 heteroatoms. The zero-order chi connectivity index (χ0) is 12.3. The van der Waals surface area contributed by atoms with Gasteiger partial charge in [-0.05, 0) is 34.7 Å². The third-order valence-electron chi connectivity index (χ3n) is 2.01. The number of rotatable bonds is 3. The van der Waals surface area contributed by atoms with E-state index in [0.29, 0.717) is 0 Å². The summed E-state index contributed by atoms with van der Waals surface area (Å²) in [6, 6.07) is 7.54. The molecule has 0 saturated carbocycles. The van der Waals surface area contributed by atoms with Gasteiger partial charge < -0.3 is 11.1 Å². The molecule has 1 amide bonds. The number of nitrogens with one attached hydrogen (secondary N) is 1. The molecule has 1 heterocycles. The molecule has 0 atom stereocenters. The largest absolute Gasteiger partial charge is 0.367 e. The van der Waals surface area contributed by atoms with E-state index in [0.717, 1.165) is 9.26 Å². The number of carbonyl (C=O) groups excluding carboxylic acids is 1. The first kappa shape index (κ1) is 11.8. The average molecular weight is 343 g/mol. The lowest BCUT2D eigenvalue weighted by Gasteiger charge is -2.06. The van der Waals surface area contributed by atoms with Crippen molar-refractivity contribution in [3.63, 3.8) is 0 Å². The maximum absolute atomic E-state index is 11.7. The first-order valence-electron chi connectivity index (χ1n) is 4.84. The van der Waals surface area contributed by atoms with E-state index in [9.17, 15) is 4.79 Å². The molecule has 0 spiro atoms. The molecule has 0 radical (unpaired) electrons. The van der Waals surface area contributed by atoms with Crippen molar-refractivity contribution in [2.45, 2.75) is 6.54 Å². The van der Waals surface area contributed by atoms with E-state index >= 15 is 0 Å². The van der Waals surface area contributed by atoms with Gasteiger partial charge >= 0.3 is 0 Å². The Labute approximate surface area is 111 Å². The number of carbonyl (C=O) groups is 1. The summed E-state index contributed by atoms with van der Waals surface area (Å²) in [5, 5.41) is 6.63. The Hall–Kier alpha value is -1.64. The number of nitrogens with zero attached hydrogens (tertiary/aromatic N) is 3. The quantitative estimate of drug-likeness (QED) is 0.818. The van der Waals surface area contributed by atoms with E-state index in [-0.39, 0.29) is 18.4 Å². The Morgan fingerprint density at radius 1 is 1.47 bits per heavy atom. The topological polar surface area (TPSA) is 85.8 Å². The minimum absolute atomic E-state index is 0.0924. The standard InChI is InChI=1S/C10H10IN5O/c11-7-3-1-2-4-8(7)14-9(17)5-16-6-13-10(12)15-16/h1-4,6H,5H2,(H2,12,15)(H,14,17). The molecule has 0 aliphatic carbocycles. The Morgan fingerprint density at radius 2 is 2.24 bits per heavy atom. The zero-order valence-corrected chi connectivity index (χ0v) is 11.0. The molecule has 6 nitrogen and oxygen atoms in total. The lowest BCUT2D eigenvalue weighted by molar-refractivity contribution is -0.116. The van der Waals surface area contributed by atoms with Gasteiger partial charge in [0.1, 0.15) is 12.9 Å². The molecule has 1 aromatic heterocycles. The van der Waals surface area contributed by atoms with Crippen LogP contribution in [0.2, 0.25) is 0 Å². The first-order valence-corrected chi connectivity index (χ1v) is 5.92. The van der Waals surface area contributed by atoms with Crippen LogP contribution >= 0.6 is 22.6 Å².